The Labute approximate surface area is 152 Å². The van der Waals surface area contributed by atoms with Crippen LogP contribution in [0.4, 0.5) is 21.9 Å². The van der Waals surface area contributed by atoms with Gasteiger partial charge in [0.25, 0.3) is 5.91 Å². The fraction of sp³-hybridized carbons (Fsp3) is 0.211. The molecular formula is C19H22N4O3. The minimum Gasteiger partial charge on any atom is -0.351 e. The van der Waals surface area contributed by atoms with Gasteiger partial charge in [-0.05, 0) is 54.4 Å². The fourth-order valence-corrected chi connectivity index (χ4v) is 2.27. The molecule has 0 aliphatic rings. The number of rotatable bonds is 6. The molecular weight excluding hydrogens is 332 g/mol. The van der Waals surface area contributed by atoms with E-state index >= 15 is 0 Å². The lowest BCUT2D eigenvalue weighted by atomic mass is 10.1. The zero-order valence-electron chi connectivity index (χ0n) is 14.7. The van der Waals surface area contributed by atoms with Crippen molar-refractivity contribution in [2.75, 3.05) is 16.0 Å². The summed E-state index contributed by atoms with van der Waals surface area (Å²) in [5, 5.41) is 8.01. The first-order valence-electron chi connectivity index (χ1n) is 8.21. The Bertz CT molecular complexity index is 783. The van der Waals surface area contributed by atoms with Crippen molar-refractivity contribution >= 4 is 34.9 Å². The van der Waals surface area contributed by atoms with Gasteiger partial charge in [0.05, 0.1) is 0 Å². The van der Waals surface area contributed by atoms with Crippen LogP contribution in [-0.4, -0.2) is 17.8 Å². The van der Waals surface area contributed by atoms with Crippen LogP contribution < -0.4 is 21.7 Å². The summed E-state index contributed by atoms with van der Waals surface area (Å²) in [5.74, 6) is -0.0354. The van der Waals surface area contributed by atoms with E-state index in [0.29, 0.717) is 29.0 Å². The van der Waals surface area contributed by atoms with E-state index in [2.05, 4.69) is 16.0 Å². The number of nitrogens with two attached hydrogens (primary N) is 1. The number of carbonyl (C=O) groups excluding carboxylic acids is 3. The maximum absolute atomic E-state index is 12.2. The predicted molar refractivity (Wildman–Crippen MR) is 102 cm³/mol. The Hall–Kier alpha value is -3.35. The van der Waals surface area contributed by atoms with Crippen molar-refractivity contribution in [3.05, 3.63) is 54.1 Å². The van der Waals surface area contributed by atoms with E-state index in [1.54, 1.807) is 48.5 Å². The topological polar surface area (TPSA) is 113 Å². The van der Waals surface area contributed by atoms with Crippen molar-refractivity contribution in [3.63, 3.8) is 0 Å². The largest absolute Gasteiger partial charge is 0.351 e. The zero-order chi connectivity index (χ0) is 19.1. The summed E-state index contributed by atoms with van der Waals surface area (Å²) in [6.07, 6.45) is 0.457. The van der Waals surface area contributed by atoms with Crippen molar-refractivity contribution in [1.29, 1.82) is 0 Å². The molecule has 26 heavy (non-hydrogen) atoms. The van der Waals surface area contributed by atoms with Crippen LogP contribution in [-0.2, 0) is 4.79 Å². The number of nitrogens with one attached hydrogen (secondary N) is 3. The van der Waals surface area contributed by atoms with Gasteiger partial charge >= 0.3 is 6.03 Å². The highest BCUT2D eigenvalue weighted by atomic mass is 16.2. The lowest BCUT2D eigenvalue weighted by Gasteiger charge is -2.09. The van der Waals surface area contributed by atoms with Crippen LogP contribution in [0, 0.1) is 5.92 Å². The third kappa shape index (κ3) is 5.94. The molecule has 0 atom stereocenters. The van der Waals surface area contributed by atoms with Crippen LogP contribution >= 0.6 is 0 Å². The molecule has 0 spiro atoms. The van der Waals surface area contributed by atoms with Gasteiger partial charge in [-0.25, -0.2) is 4.79 Å². The summed E-state index contributed by atoms with van der Waals surface area (Å²) < 4.78 is 0. The second-order valence-corrected chi connectivity index (χ2v) is 6.24. The lowest BCUT2D eigenvalue weighted by Crippen LogP contribution is -2.19. The quantitative estimate of drug-likeness (QED) is 0.637. The Balaban J connectivity index is 1.94. The molecule has 5 N–H and O–H groups in total. The Morgan fingerprint density at radius 1 is 0.808 bits per heavy atom. The van der Waals surface area contributed by atoms with E-state index in [4.69, 9.17) is 5.73 Å². The molecule has 0 aromatic heterocycles. The van der Waals surface area contributed by atoms with E-state index < -0.39 is 6.03 Å². The van der Waals surface area contributed by atoms with Crippen LogP contribution in [0.1, 0.15) is 30.6 Å². The first-order chi connectivity index (χ1) is 12.3. The van der Waals surface area contributed by atoms with Gasteiger partial charge in [0.1, 0.15) is 0 Å². The molecule has 0 unspecified atom stereocenters. The number of carbonyl (C=O) groups is 3. The summed E-state index contributed by atoms with van der Waals surface area (Å²) in [6.45, 7) is 3.96. The predicted octanol–water partition coefficient (Wildman–Crippen LogP) is 3.41. The van der Waals surface area contributed by atoms with Gasteiger partial charge in [0.2, 0.25) is 5.91 Å². The average Bonchev–Trinajstić information content (AvgIpc) is 2.56. The third-order valence-corrected chi connectivity index (χ3v) is 3.43. The first kappa shape index (κ1) is 19.0. The Kier molecular flexibility index (Phi) is 6.32. The third-order valence-electron chi connectivity index (χ3n) is 3.43. The highest BCUT2D eigenvalue weighted by Gasteiger charge is 2.08. The smallest absolute Gasteiger partial charge is 0.316 e. The van der Waals surface area contributed by atoms with Crippen LogP contribution in [0.5, 0.6) is 0 Å². The molecule has 7 nitrogen and oxygen atoms in total. The normalized spacial score (nSPS) is 10.3. The number of hydrogen-bond donors (Lipinski definition) is 4. The summed E-state index contributed by atoms with van der Waals surface area (Å²) >= 11 is 0. The van der Waals surface area contributed by atoms with Crippen molar-refractivity contribution in [1.82, 2.24) is 0 Å². The molecule has 0 radical (unpaired) electrons. The molecule has 0 heterocycles. The molecule has 2 aromatic rings. The van der Waals surface area contributed by atoms with Crippen LogP contribution in [0.3, 0.4) is 0 Å². The molecule has 2 rings (SSSR count). The molecule has 4 amide bonds. The molecule has 136 valence electrons. The van der Waals surface area contributed by atoms with E-state index in [-0.39, 0.29) is 17.7 Å². The van der Waals surface area contributed by atoms with Gasteiger partial charge in [-0.1, -0.05) is 13.8 Å². The van der Waals surface area contributed by atoms with Gasteiger partial charge in [-0.3, -0.25) is 9.59 Å². The number of primary amides is 1. The van der Waals surface area contributed by atoms with Crippen LogP contribution in [0.2, 0.25) is 0 Å². The number of benzene rings is 2. The minimum atomic E-state index is -0.664. The SMILES string of the molecule is CC(C)CC(=O)Nc1ccc(NC(=O)c2ccc(NC(N)=O)cc2)cc1. The van der Waals surface area contributed by atoms with Crippen LogP contribution in [0.15, 0.2) is 48.5 Å². The van der Waals surface area contributed by atoms with Crippen LogP contribution in [0.25, 0.3) is 0 Å². The van der Waals surface area contributed by atoms with Crippen molar-refractivity contribution in [3.8, 4) is 0 Å². The zero-order valence-corrected chi connectivity index (χ0v) is 14.7. The molecule has 0 bridgehead atoms. The van der Waals surface area contributed by atoms with E-state index in [1.165, 1.54) is 0 Å². The summed E-state index contributed by atoms with van der Waals surface area (Å²) in [7, 11) is 0. The molecule has 0 saturated heterocycles. The second kappa shape index (κ2) is 8.66. The van der Waals surface area contributed by atoms with Gasteiger partial charge in [0, 0.05) is 29.0 Å². The van der Waals surface area contributed by atoms with E-state index in [0.717, 1.165) is 0 Å². The van der Waals surface area contributed by atoms with E-state index in [1.807, 2.05) is 13.8 Å². The fourth-order valence-electron chi connectivity index (χ4n) is 2.27. The number of hydrogen-bond acceptors (Lipinski definition) is 3. The maximum Gasteiger partial charge on any atom is 0.316 e. The monoisotopic (exact) mass is 354 g/mol. The lowest BCUT2D eigenvalue weighted by molar-refractivity contribution is -0.116. The average molecular weight is 354 g/mol. The Morgan fingerprint density at radius 3 is 1.77 bits per heavy atom. The summed E-state index contributed by atoms with van der Waals surface area (Å²) in [5.41, 5.74) is 7.27. The van der Waals surface area contributed by atoms with Crippen molar-refractivity contribution in [2.24, 2.45) is 11.7 Å². The number of urea groups is 1. The summed E-state index contributed by atoms with van der Waals surface area (Å²) in [4.78, 5) is 34.8. The van der Waals surface area contributed by atoms with Crippen molar-refractivity contribution < 1.29 is 14.4 Å². The van der Waals surface area contributed by atoms with Crippen molar-refractivity contribution in [2.45, 2.75) is 20.3 Å². The number of anilines is 3. The standard InChI is InChI=1S/C19H22N4O3/c1-12(2)11-17(24)21-14-7-9-15(10-8-14)22-18(25)13-3-5-16(6-4-13)23-19(20)26/h3-10,12H,11H2,1-2H3,(H,21,24)(H,22,25)(H3,20,23,26). The highest BCUT2D eigenvalue weighted by molar-refractivity contribution is 6.04. The maximum atomic E-state index is 12.2. The Morgan fingerprint density at radius 2 is 1.27 bits per heavy atom. The molecule has 0 saturated carbocycles. The first-order valence-corrected chi connectivity index (χ1v) is 8.21. The van der Waals surface area contributed by atoms with Gasteiger partial charge in [0.15, 0.2) is 0 Å². The molecule has 0 fully saturated rings. The van der Waals surface area contributed by atoms with Gasteiger partial charge in [-0.2, -0.15) is 0 Å². The minimum absolute atomic E-state index is 0.0403. The summed E-state index contributed by atoms with van der Waals surface area (Å²) in [6, 6.07) is 12.6. The second-order valence-electron chi connectivity index (χ2n) is 6.24. The highest BCUT2D eigenvalue weighted by Crippen LogP contribution is 2.16. The number of amides is 4. The molecule has 0 aliphatic heterocycles. The molecule has 0 aliphatic carbocycles. The van der Waals surface area contributed by atoms with E-state index in [9.17, 15) is 14.4 Å². The van der Waals surface area contributed by atoms with Gasteiger partial charge < -0.3 is 21.7 Å². The molecule has 2 aromatic carbocycles. The molecule has 7 heteroatoms. The van der Waals surface area contributed by atoms with Gasteiger partial charge in [-0.15, -0.1) is 0 Å².